The van der Waals surface area contributed by atoms with E-state index in [0.29, 0.717) is 28.4 Å². The SMILES string of the molecule is COc1cc(CNC(=O)CN2C(=O)NC(C)(c3ccc([N+](=O)[O-])cc3)C2=O)cc(OC)c1OC. The Kier molecular flexibility index (Phi) is 6.89. The van der Waals surface area contributed by atoms with Crippen molar-refractivity contribution in [2.45, 2.75) is 19.0 Å². The quantitative estimate of drug-likeness (QED) is 0.318. The van der Waals surface area contributed by atoms with Gasteiger partial charge in [-0.1, -0.05) is 0 Å². The van der Waals surface area contributed by atoms with Crippen LogP contribution in [0.1, 0.15) is 18.1 Å². The smallest absolute Gasteiger partial charge is 0.325 e. The third-order valence-electron chi connectivity index (χ3n) is 5.45. The highest BCUT2D eigenvalue weighted by molar-refractivity contribution is 6.09. The molecule has 1 unspecified atom stereocenters. The number of urea groups is 1. The number of hydrogen-bond donors (Lipinski definition) is 2. The summed E-state index contributed by atoms with van der Waals surface area (Å²) in [5.41, 5.74) is -0.594. The van der Waals surface area contributed by atoms with E-state index in [0.717, 1.165) is 4.90 Å². The number of rotatable bonds is 9. The van der Waals surface area contributed by atoms with Crippen LogP contribution in [-0.4, -0.2) is 55.5 Å². The van der Waals surface area contributed by atoms with Gasteiger partial charge in [-0.25, -0.2) is 4.79 Å². The largest absolute Gasteiger partial charge is 0.493 e. The average Bonchev–Trinajstić information content (AvgIpc) is 3.05. The second-order valence-corrected chi connectivity index (χ2v) is 7.56. The predicted octanol–water partition coefficient (Wildman–Crippen LogP) is 1.70. The summed E-state index contributed by atoms with van der Waals surface area (Å²) >= 11 is 0. The molecule has 12 heteroatoms. The van der Waals surface area contributed by atoms with Crippen molar-refractivity contribution in [3.05, 3.63) is 57.6 Å². The molecular weight excluding hydrogens is 448 g/mol. The Hall–Kier alpha value is -4.35. The van der Waals surface area contributed by atoms with Crippen molar-refractivity contribution in [2.75, 3.05) is 27.9 Å². The summed E-state index contributed by atoms with van der Waals surface area (Å²) < 4.78 is 15.8. The van der Waals surface area contributed by atoms with Crippen molar-refractivity contribution in [1.29, 1.82) is 0 Å². The summed E-state index contributed by atoms with van der Waals surface area (Å²) in [6.45, 7) is 1.05. The number of nitrogens with one attached hydrogen (secondary N) is 2. The lowest BCUT2D eigenvalue weighted by atomic mass is 9.92. The number of amides is 4. The van der Waals surface area contributed by atoms with Gasteiger partial charge in [0, 0.05) is 18.7 Å². The third-order valence-corrected chi connectivity index (χ3v) is 5.45. The van der Waals surface area contributed by atoms with E-state index in [1.807, 2.05) is 0 Å². The number of methoxy groups -OCH3 is 3. The van der Waals surface area contributed by atoms with Crippen LogP contribution < -0.4 is 24.8 Å². The maximum Gasteiger partial charge on any atom is 0.325 e. The summed E-state index contributed by atoms with van der Waals surface area (Å²) in [6, 6.07) is 7.87. The second-order valence-electron chi connectivity index (χ2n) is 7.56. The van der Waals surface area contributed by atoms with Crippen molar-refractivity contribution in [3.63, 3.8) is 0 Å². The van der Waals surface area contributed by atoms with Crippen molar-refractivity contribution >= 4 is 23.5 Å². The number of non-ortho nitro benzene ring substituents is 1. The molecule has 1 fully saturated rings. The Morgan fingerprint density at radius 1 is 1.09 bits per heavy atom. The van der Waals surface area contributed by atoms with E-state index < -0.39 is 34.9 Å². The van der Waals surface area contributed by atoms with Gasteiger partial charge >= 0.3 is 6.03 Å². The molecule has 2 N–H and O–H groups in total. The highest BCUT2D eigenvalue weighted by Gasteiger charge is 2.49. The van der Waals surface area contributed by atoms with E-state index in [1.54, 1.807) is 12.1 Å². The maximum atomic E-state index is 13.0. The number of benzene rings is 2. The topological polar surface area (TPSA) is 149 Å². The van der Waals surface area contributed by atoms with Crippen LogP contribution in [0.5, 0.6) is 17.2 Å². The van der Waals surface area contributed by atoms with Crippen LogP contribution in [0.25, 0.3) is 0 Å². The number of nitrogens with zero attached hydrogens (tertiary/aromatic N) is 2. The maximum absolute atomic E-state index is 13.0. The molecule has 1 saturated heterocycles. The molecule has 12 nitrogen and oxygen atoms in total. The van der Waals surface area contributed by atoms with Gasteiger partial charge in [-0.3, -0.25) is 24.6 Å². The molecule has 0 bridgehead atoms. The molecular formula is C22H24N4O8. The Bertz CT molecular complexity index is 1110. The zero-order chi connectivity index (χ0) is 25.0. The van der Waals surface area contributed by atoms with Gasteiger partial charge in [0.2, 0.25) is 11.7 Å². The standard InChI is InChI=1S/C22H24N4O8/c1-22(14-5-7-15(8-6-14)26(30)31)20(28)25(21(29)24-22)12-18(27)23-11-13-9-16(32-2)19(34-4)17(10-13)33-3/h5-10H,11-12H2,1-4H3,(H,23,27)(H,24,29). The lowest BCUT2D eigenvalue weighted by molar-refractivity contribution is -0.384. The molecule has 34 heavy (non-hydrogen) atoms. The number of imide groups is 1. The van der Waals surface area contributed by atoms with Gasteiger partial charge in [0.25, 0.3) is 11.6 Å². The molecule has 1 aliphatic rings. The van der Waals surface area contributed by atoms with Crippen molar-refractivity contribution in [2.24, 2.45) is 0 Å². The first-order valence-corrected chi connectivity index (χ1v) is 10.1. The lowest BCUT2D eigenvalue weighted by Crippen LogP contribution is -2.43. The van der Waals surface area contributed by atoms with Crippen LogP contribution in [0, 0.1) is 10.1 Å². The van der Waals surface area contributed by atoms with Crippen molar-refractivity contribution < 1.29 is 33.5 Å². The molecule has 1 atom stereocenters. The van der Waals surface area contributed by atoms with Gasteiger partial charge in [0.15, 0.2) is 11.5 Å². The lowest BCUT2D eigenvalue weighted by Gasteiger charge is -2.22. The Balaban J connectivity index is 1.69. The number of carbonyl (C=O) groups excluding carboxylic acids is 3. The molecule has 0 saturated carbocycles. The van der Waals surface area contributed by atoms with E-state index in [1.165, 1.54) is 52.5 Å². The number of nitro benzene ring substituents is 1. The van der Waals surface area contributed by atoms with Crippen LogP contribution in [-0.2, 0) is 21.7 Å². The molecule has 0 aromatic heterocycles. The first-order chi connectivity index (χ1) is 16.1. The molecule has 2 aromatic carbocycles. The number of ether oxygens (including phenoxy) is 3. The van der Waals surface area contributed by atoms with E-state index in [9.17, 15) is 24.5 Å². The van der Waals surface area contributed by atoms with Gasteiger partial charge in [-0.2, -0.15) is 0 Å². The summed E-state index contributed by atoms with van der Waals surface area (Å²) in [4.78, 5) is 49.1. The molecule has 0 spiro atoms. The van der Waals surface area contributed by atoms with Crippen molar-refractivity contribution in [1.82, 2.24) is 15.5 Å². The highest BCUT2D eigenvalue weighted by atomic mass is 16.6. The van der Waals surface area contributed by atoms with Crippen LogP contribution in [0.3, 0.4) is 0 Å². The van der Waals surface area contributed by atoms with E-state index >= 15 is 0 Å². The minimum Gasteiger partial charge on any atom is -0.493 e. The zero-order valence-electron chi connectivity index (χ0n) is 19.0. The summed E-state index contributed by atoms with van der Waals surface area (Å²) in [7, 11) is 4.42. The predicted molar refractivity (Wildman–Crippen MR) is 119 cm³/mol. The minimum atomic E-state index is -1.46. The number of nitro groups is 1. The fourth-order valence-corrected chi connectivity index (χ4v) is 3.59. The van der Waals surface area contributed by atoms with Gasteiger partial charge < -0.3 is 24.8 Å². The fraction of sp³-hybridized carbons (Fsp3) is 0.318. The van der Waals surface area contributed by atoms with Crippen molar-refractivity contribution in [3.8, 4) is 17.2 Å². The molecule has 3 rings (SSSR count). The third kappa shape index (κ3) is 4.56. The first kappa shape index (κ1) is 24.3. The van der Waals surface area contributed by atoms with Gasteiger partial charge in [0.05, 0.1) is 26.3 Å². The average molecular weight is 472 g/mol. The Morgan fingerprint density at radius 3 is 2.18 bits per heavy atom. The minimum absolute atomic E-state index is 0.0822. The van der Waals surface area contributed by atoms with E-state index in [-0.39, 0.29) is 12.2 Å². The molecule has 1 aliphatic heterocycles. The molecule has 0 aliphatic carbocycles. The van der Waals surface area contributed by atoms with E-state index in [4.69, 9.17) is 14.2 Å². The van der Waals surface area contributed by atoms with Crippen LogP contribution in [0.2, 0.25) is 0 Å². The summed E-state index contributed by atoms with van der Waals surface area (Å²) in [5, 5.41) is 16.1. The van der Waals surface area contributed by atoms with Crippen LogP contribution >= 0.6 is 0 Å². The number of carbonyl (C=O) groups is 3. The monoisotopic (exact) mass is 472 g/mol. The van der Waals surface area contributed by atoms with Gasteiger partial charge in [-0.05, 0) is 42.3 Å². The Labute approximate surface area is 194 Å². The second kappa shape index (κ2) is 9.65. The number of hydrogen-bond acceptors (Lipinski definition) is 8. The van der Waals surface area contributed by atoms with Gasteiger partial charge in [0.1, 0.15) is 12.1 Å². The molecule has 180 valence electrons. The zero-order valence-corrected chi connectivity index (χ0v) is 19.0. The fourth-order valence-electron chi connectivity index (χ4n) is 3.59. The van der Waals surface area contributed by atoms with Gasteiger partial charge in [-0.15, -0.1) is 0 Å². The first-order valence-electron chi connectivity index (χ1n) is 10.1. The summed E-state index contributed by atoms with van der Waals surface area (Å²) in [6.07, 6.45) is 0. The summed E-state index contributed by atoms with van der Waals surface area (Å²) in [5.74, 6) is 0.0301. The van der Waals surface area contributed by atoms with Crippen LogP contribution in [0.15, 0.2) is 36.4 Å². The van der Waals surface area contributed by atoms with Crippen LogP contribution in [0.4, 0.5) is 10.5 Å². The van der Waals surface area contributed by atoms with E-state index in [2.05, 4.69) is 10.6 Å². The molecule has 2 aromatic rings. The highest BCUT2D eigenvalue weighted by Crippen LogP contribution is 2.38. The normalized spacial score (nSPS) is 17.2. The molecule has 1 heterocycles. The molecule has 0 radical (unpaired) electrons. The molecule has 4 amide bonds. The Morgan fingerprint density at radius 2 is 1.68 bits per heavy atom.